The molecule has 18 heavy (non-hydrogen) atoms. The smallest absolute Gasteiger partial charge is 0.0922 e. The molecule has 1 aromatic heterocycles. The summed E-state index contributed by atoms with van der Waals surface area (Å²) in [7, 11) is 0. The summed E-state index contributed by atoms with van der Waals surface area (Å²) in [6.07, 6.45) is 14.3. The first-order chi connectivity index (χ1) is 8.86. The van der Waals surface area contributed by atoms with Crippen molar-refractivity contribution in [3.05, 3.63) is 18.2 Å². The number of nitrogens with one attached hydrogen (secondary N) is 2. The van der Waals surface area contributed by atoms with E-state index in [1.54, 1.807) is 6.33 Å². The SMILES string of the molecule is CCCCCC(CCCCC)NCc1cnc[nH]1. The van der Waals surface area contributed by atoms with Crippen LogP contribution in [0.15, 0.2) is 12.5 Å². The van der Waals surface area contributed by atoms with Gasteiger partial charge in [0.1, 0.15) is 0 Å². The van der Waals surface area contributed by atoms with Crippen LogP contribution in [-0.4, -0.2) is 16.0 Å². The quantitative estimate of drug-likeness (QED) is 0.583. The van der Waals surface area contributed by atoms with Crippen LogP contribution in [0.3, 0.4) is 0 Å². The lowest BCUT2D eigenvalue weighted by atomic mass is 10.0. The number of nitrogens with zero attached hydrogens (tertiary/aromatic N) is 1. The molecule has 3 nitrogen and oxygen atoms in total. The average molecular weight is 251 g/mol. The minimum absolute atomic E-state index is 0.673. The molecule has 0 amide bonds. The molecular formula is C15H29N3. The molecule has 0 aromatic carbocycles. The van der Waals surface area contributed by atoms with Crippen molar-refractivity contribution in [3.8, 4) is 0 Å². The van der Waals surface area contributed by atoms with Gasteiger partial charge in [-0.15, -0.1) is 0 Å². The minimum Gasteiger partial charge on any atom is -0.347 e. The molecule has 0 saturated carbocycles. The summed E-state index contributed by atoms with van der Waals surface area (Å²) in [5.41, 5.74) is 1.19. The second-order valence-corrected chi connectivity index (χ2v) is 5.15. The number of aromatic amines is 1. The Morgan fingerprint density at radius 1 is 1.11 bits per heavy atom. The molecule has 1 aromatic rings. The maximum atomic E-state index is 4.06. The highest BCUT2D eigenvalue weighted by Crippen LogP contribution is 2.11. The van der Waals surface area contributed by atoms with Gasteiger partial charge in [0.05, 0.1) is 6.33 Å². The Morgan fingerprint density at radius 3 is 2.28 bits per heavy atom. The van der Waals surface area contributed by atoms with E-state index in [1.807, 2.05) is 6.20 Å². The topological polar surface area (TPSA) is 40.7 Å². The predicted molar refractivity (Wildman–Crippen MR) is 77.5 cm³/mol. The normalized spacial score (nSPS) is 11.3. The molecule has 0 bridgehead atoms. The van der Waals surface area contributed by atoms with Gasteiger partial charge in [0.2, 0.25) is 0 Å². The zero-order valence-corrected chi connectivity index (χ0v) is 12.0. The lowest BCUT2D eigenvalue weighted by Gasteiger charge is -2.18. The summed E-state index contributed by atoms with van der Waals surface area (Å²) in [6, 6.07) is 0.673. The monoisotopic (exact) mass is 251 g/mol. The third-order valence-corrected chi connectivity index (χ3v) is 3.45. The molecule has 0 saturated heterocycles. The maximum Gasteiger partial charge on any atom is 0.0922 e. The fourth-order valence-electron chi connectivity index (χ4n) is 2.27. The molecule has 0 aliphatic heterocycles. The molecule has 0 unspecified atom stereocenters. The van der Waals surface area contributed by atoms with Gasteiger partial charge >= 0.3 is 0 Å². The minimum atomic E-state index is 0.673. The highest BCUT2D eigenvalue weighted by atomic mass is 15.0. The van der Waals surface area contributed by atoms with Crippen LogP contribution in [0, 0.1) is 0 Å². The van der Waals surface area contributed by atoms with Crippen molar-refractivity contribution in [2.24, 2.45) is 0 Å². The highest BCUT2D eigenvalue weighted by molar-refractivity contribution is 4.93. The summed E-state index contributed by atoms with van der Waals surface area (Å²) in [5, 5.41) is 3.67. The molecule has 0 fully saturated rings. The zero-order chi connectivity index (χ0) is 13.1. The Labute approximate surface area is 112 Å². The standard InChI is InChI=1S/C15H29N3/c1-3-5-7-9-14(10-8-6-4-2)17-12-15-11-16-13-18-15/h11,13-14,17H,3-10,12H2,1-2H3,(H,16,18). The first-order valence-electron chi connectivity index (χ1n) is 7.57. The summed E-state index contributed by atoms with van der Waals surface area (Å²) < 4.78 is 0. The lowest BCUT2D eigenvalue weighted by Crippen LogP contribution is -2.28. The summed E-state index contributed by atoms with van der Waals surface area (Å²) in [5.74, 6) is 0. The van der Waals surface area contributed by atoms with Crippen LogP contribution in [0.5, 0.6) is 0 Å². The first-order valence-corrected chi connectivity index (χ1v) is 7.57. The van der Waals surface area contributed by atoms with Gasteiger partial charge < -0.3 is 10.3 Å². The Kier molecular flexibility index (Phi) is 8.57. The van der Waals surface area contributed by atoms with Gasteiger partial charge in [0.15, 0.2) is 0 Å². The van der Waals surface area contributed by atoms with Crippen molar-refractivity contribution in [2.75, 3.05) is 0 Å². The van der Waals surface area contributed by atoms with E-state index in [0.717, 1.165) is 6.54 Å². The van der Waals surface area contributed by atoms with Gasteiger partial charge in [-0.1, -0.05) is 52.4 Å². The van der Waals surface area contributed by atoms with E-state index in [1.165, 1.54) is 57.1 Å². The third-order valence-electron chi connectivity index (χ3n) is 3.45. The Bertz CT molecular complexity index is 259. The summed E-state index contributed by atoms with van der Waals surface area (Å²) in [4.78, 5) is 7.21. The second kappa shape index (κ2) is 10.1. The highest BCUT2D eigenvalue weighted by Gasteiger charge is 2.07. The molecule has 0 atom stereocenters. The fourth-order valence-corrected chi connectivity index (χ4v) is 2.27. The van der Waals surface area contributed by atoms with Crippen LogP contribution in [0.2, 0.25) is 0 Å². The Morgan fingerprint density at radius 2 is 1.78 bits per heavy atom. The molecule has 1 rings (SSSR count). The molecule has 2 N–H and O–H groups in total. The van der Waals surface area contributed by atoms with Gasteiger partial charge in [-0.3, -0.25) is 0 Å². The number of unbranched alkanes of at least 4 members (excludes halogenated alkanes) is 4. The van der Waals surface area contributed by atoms with Crippen molar-refractivity contribution in [1.29, 1.82) is 0 Å². The van der Waals surface area contributed by atoms with Gasteiger partial charge in [0, 0.05) is 24.5 Å². The second-order valence-electron chi connectivity index (χ2n) is 5.15. The summed E-state index contributed by atoms with van der Waals surface area (Å²) >= 11 is 0. The number of hydrogen-bond donors (Lipinski definition) is 2. The van der Waals surface area contributed by atoms with Crippen LogP contribution in [0.1, 0.15) is 70.9 Å². The van der Waals surface area contributed by atoms with Crippen molar-refractivity contribution >= 4 is 0 Å². The van der Waals surface area contributed by atoms with E-state index in [-0.39, 0.29) is 0 Å². The number of H-pyrrole nitrogens is 1. The van der Waals surface area contributed by atoms with E-state index in [0.29, 0.717) is 6.04 Å². The van der Waals surface area contributed by atoms with Crippen LogP contribution in [0.25, 0.3) is 0 Å². The van der Waals surface area contributed by atoms with E-state index in [9.17, 15) is 0 Å². The van der Waals surface area contributed by atoms with E-state index in [4.69, 9.17) is 0 Å². The van der Waals surface area contributed by atoms with Gasteiger partial charge in [-0.25, -0.2) is 4.98 Å². The van der Waals surface area contributed by atoms with Crippen molar-refractivity contribution in [3.63, 3.8) is 0 Å². The van der Waals surface area contributed by atoms with Crippen LogP contribution in [-0.2, 0) is 6.54 Å². The number of hydrogen-bond acceptors (Lipinski definition) is 2. The molecule has 0 radical (unpaired) electrons. The van der Waals surface area contributed by atoms with Gasteiger partial charge in [-0.2, -0.15) is 0 Å². The van der Waals surface area contributed by atoms with E-state index in [2.05, 4.69) is 29.1 Å². The Balaban J connectivity index is 2.23. The fraction of sp³-hybridized carbons (Fsp3) is 0.800. The van der Waals surface area contributed by atoms with Crippen molar-refractivity contribution in [1.82, 2.24) is 15.3 Å². The molecule has 0 aliphatic carbocycles. The number of imidazole rings is 1. The molecule has 0 aliphatic rings. The average Bonchev–Trinajstić information content (AvgIpc) is 2.89. The third kappa shape index (κ3) is 6.80. The summed E-state index contributed by atoms with van der Waals surface area (Å²) in [6.45, 7) is 5.46. The van der Waals surface area contributed by atoms with Crippen LogP contribution in [0.4, 0.5) is 0 Å². The molecule has 3 heteroatoms. The van der Waals surface area contributed by atoms with Gasteiger partial charge in [0.25, 0.3) is 0 Å². The zero-order valence-electron chi connectivity index (χ0n) is 12.0. The van der Waals surface area contributed by atoms with Gasteiger partial charge in [-0.05, 0) is 12.8 Å². The molecular weight excluding hydrogens is 222 g/mol. The number of aromatic nitrogens is 2. The Hall–Kier alpha value is -0.830. The molecule has 0 spiro atoms. The molecule has 104 valence electrons. The first kappa shape index (κ1) is 15.2. The van der Waals surface area contributed by atoms with Crippen LogP contribution < -0.4 is 5.32 Å². The number of rotatable bonds is 11. The largest absolute Gasteiger partial charge is 0.347 e. The maximum absolute atomic E-state index is 4.06. The molecule has 1 heterocycles. The van der Waals surface area contributed by atoms with Crippen molar-refractivity contribution < 1.29 is 0 Å². The van der Waals surface area contributed by atoms with Crippen LogP contribution >= 0.6 is 0 Å². The van der Waals surface area contributed by atoms with E-state index < -0.39 is 0 Å². The lowest BCUT2D eigenvalue weighted by molar-refractivity contribution is 0.416. The predicted octanol–water partition coefficient (Wildman–Crippen LogP) is 4.03. The van der Waals surface area contributed by atoms with Crippen molar-refractivity contribution in [2.45, 2.75) is 77.8 Å². The van der Waals surface area contributed by atoms with E-state index >= 15 is 0 Å².